The molecule has 0 saturated heterocycles. The Kier molecular flexibility index (Phi) is 5.64. The first kappa shape index (κ1) is 18.5. The summed E-state index contributed by atoms with van der Waals surface area (Å²) in [4.78, 5) is 12.5. The normalized spacial score (nSPS) is 12.0. The van der Waals surface area contributed by atoms with Gasteiger partial charge in [0.15, 0.2) is 5.16 Å². The molecule has 2 aromatic carbocycles. The van der Waals surface area contributed by atoms with E-state index in [4.69, 9.17) is 11.6 Å². The van der Waals surface area contributed by atoms with E-state index in [0.29, 0.717) is 10.2 Å². The number of nitrogens with zero attached hydrogens (tertiary/aromatic N) is 3. The van der Waals surface area contributed by atoms with Gasteiger partial charge in [-0.25, -0.2) is 0 Å². The van der Waals surface area contributed by atoms with E-state index in [1.807, 2.05) is 67.8 Å². The molecule has 26 heavy (non-hydrogen) atoms. The minimum Gasteiger partial charge on any atom is -0.325 e. The van der Waals surface area contributed by atoms with Crippen molar-refractivity contribution in [1.29, 1.82) is 0 Å². The van der Waals surface area contributed by atoms with E-state index in [2.05, 4.69) is 15.5 Å². The molecule has 5 nitrogen and oxygen atoms in total. The molecular weight excluding hydrogens is 368 g/mol. The molecular formula is C19H19ClN4OS. The van der Waals surface area contributed by atoms with Crippen molar-refractivity contribution in [1.82, 2.24) is 14.8 Å². The number of aromatic nitrogens is 3. The number of halogens is 1. The van der Waals surface area contributed by atoms with Gasteiger partial charge in [0.25, 0.3) is 0 Å². The number of hydrogen-bond acceptors (Lipinski definition) is 4. The number of carbonyl (C=O) groups excluding carboxylic acids is 1. The average Bonchev–Trinajstić information content (AvgIpc) is 3.05. The molecule has 3 aromatic rings. The Labute approximate surface area is 161 Å². The number of aryl methyl sites for hydroxylation is 2. The van der Waals surface area contributed by atoms with Gasteiger partial charge in [0.05, 0.1) is 10.9 Å². The molecule has 0 aliphatic carbocycles. The number of thioether (sulfide) groups is 1. The number of anilines is 1. The van der Waals surface area contributed by atoms with Crippen LogP contribution in [0.3, 0.4) is 0 Å². The van der Waals surface area contributed by atoms with Crippen LogP contribution in [-0.2, 0) is 4.79 Å². The van der Waals surface area contributed by atoms with Crippen LogP contribution in [0, 0.1) is 13.8 Å². The molecule has 0 radical (unpaired) electrons. The van der Waals surface area contributed by atoms with E-state index in [1.54, 1.807) is 6.33 Å². The average molecular weight is 387 g/mol. The van der Waals surface area contributed by atoms with Crippen molar-refractivity contribution in [3.05, 3.63) is 64.9 Å². The quantitative estimate of drug-likeness (QED) is 0.648. The maximum atomic E-state index is 12.5. The number of benzene rings is 2. The zero-order valence-corrected chi connectivity index (χ0v) is 16.3. The molecule has 1 unspecified atom stereocenters. The summed E-state index contributed by atoms with van der Waals surface area (Å²) in [6, 6.07) is 13.5. The first-order valence-corrected chi connectivity index (χ1v) is 9.40. The molecule has 1 aromatic heterocycles. The predicted octanol–water partition coefficient (Wildman–Crippen LogP) is 4.66. The monoisotopic (exact) mass is 386 g/mol. The van der Waals surface area contributed by atoms with Gasteiger partial charge in [-0.2, -0.15) is 0 Å². The third kappa shape index (κ3) is 4.26. The van der Waals surface area contributed by atoms with Crippen LogP contribution in [0.1, 0.15) is 18.1 Å². The second kappa shape index (κ2) is 7.93. The SMILES string of the molecule is Cc1cccc(NC(=O)C(C)Sc2nncn2-c2ccc(C)c(Cl)c2)c1. The van der Waals surface area contributed by atoms with Crippen LogP contribution in [0.4, 0.5) is 5.69 Å². The summed E-state index contributed by atoms with van der Waals surface area (Å²) < 4.78 is 1.83. The largest absolute Gasteiger partial charge is 0.325 e. The third-order valence-corrected chi connectivity index (χ3v) is 5.35. The molecule has 1 heterocycles. The van der Waals surface area contributed by atoms with Crippen LogP contribution in [0.5, 0.6) is 0 Å². The van der Waals surface area contributed by atoms with Gasteiger partial charge in [-0.1, -0.05) is 41.6 Å². The Morgan fingerprint density at radius 3 is 2.77 bits per heavy atom. The first-order valence-electron chi connectivity index (χ1n) is 8.15. The van der Waals surface area contributed by atoms with E-state index in [9.17, 15) is 4.79 Å². The van der Waals surface area contributed by atoms with E-state index >= 15 is 0 Å². The highest BCUT2D eigenvalue weighted by Gasteiger charge is 2.19. The van der Waals surface area contributed by atoms with Crippen LogP contribution < -0.4 is 5.32 Å². The van der Waals surface area contributed by atoms with Crippen molar-refractivity contribution in [2.24, 2.45) is 0 Å². The summed E-state index contributed by atoms with van der Waals surface area (Å²) in [6.07, 6.45) is 1.62. The molecule has 1 N–H and O–H groups in total. The third-order valence-electron chi connectivity index (χ3n) is 3.89. The van der Waals surface area contributed by atoms with Crippen LogP contribution in [0.25, 0.3) is 5.69 Å². The summed E-state index contributed by atoms with van der Waals surface area (Å²) in [7, 11) is 0. The standard InChI is InChI=1S/C19H19ClN4OS/c1-12-5-4-6-15(9-12)22-18(25)14(3)26-19-23-21-11-24(19)16-8-7-13(2)17(20)10-16/h4-11,14H,1-3H3,(H,22,25). The lowest BCUT2D eigenvalue weighted by atomic mass is 10.2. The molecule has 3 rings (SSSR count). The summed E-state index contributed by atoms with van der Waals surface area (Å²) in [6.45, 7) is 5.78. The molecule has 0 bridgehead atoms. The predicted molar refractivity (Wildman–Crippen MR) is 106 cm³/mol. The zero-order chi connectivity index (χ0) is 18.7. The Morgan fingerprint density at radius 1 is 1.23 bits per heavy atom. The Bertz CT molecular complexity index is 941. The fourth-order valence-electron chi connectivity index (χ4n) is 2.39. The topological polar surface area (TPSA) is 59.8 Å². The molecule has 7 heteroatoms. The van der Waals surface area contributed by atoms with Crippen LogP contribution >= 0.6 is 23.4 Å². The molecule has 0 aliphatic rings. The van der Waals surface area contributed by atoms with Gasteiger partial charge >= 0.3 is 0 Å². The van der Waals surface area contributed by atoms with Crippen LogP contribution in [0.15, 0.2) is 53.9 Å². The summed E-state index contributed by atoms with van der Waals surface area (Å²) >= 11 is 7.56. The van der Waals surface area contributed by atoms with Crippen molar-refractivity contribution in [3.63, 3.8) is 0 Å². The van der Waals surface area contributed by atoms with Crippen molar-refractivity contribution in [2.45, 2.75) is 31.2 Å². The minimum absolute atomic E-state index is 0.0860. The maximum Gasteiger partial charge on any atom is 0.237 e. The Morgan fingerprint density at radius 2 is 2.04 bits per heavy atom. The van der Waals surface area contributed by atoms with Crippen LogP contribution in [0.2, 0.25) is 5.02 Å². The minimum atomic E-state index is -0.334. The van der Waals surface area contributed by atoms with Crippen molar-refractivity contribution in [2.75, 3.05) is 5.32 Å². The molecule has 0 aliphatic heterocycles. The number of nitrogens with one attached hydrogen (secondary N) is 1. The summed E-state index contributed by atoms with van der Waals surface area (Å²) in [5, 5.41) is 12.0. The Hall–Kier alpha value is -2.31. The van der Waals surface area contributed by atoms with Crippen molar-refractivity contribution < 1.29 is 4.79 Å². The smallest absolute Gasteiger partial charge is 0.237 e. The number of hydrogen-bond donors (Lipinski definition) is 1. The van der Waals surface area contributed by atoms with E-state index < -0.39 is 0 Å². The lowest BCUT2D eigenvalue weighted by molar-refractivity contribution is -0.115. The first-order chi connectivity index (χ1) is 12.4. The van der Waals surface area contributed by atoms with Gasteiger partial charge in [0.1, 0.15) is 6.33 Å². The van der Waals surface area contributed by atoms with Gasteiger partial charge in [-0.05, 0) is 56.2 Å². The molecule has 0 saturated carbocycles. The molecule has 0 spiro atoms. The highest BCUT2D eigenvalue weighted by Crippen LogP contribution is 2.27. The van der Waals surface area contributed by atoms with Crippen molar-refractivity contribution >= 4 is 35.0 Å². The maximum absolute atomic E-state index is 12.5. The van der Waals surface area contributed by atoms with Gasteiger partial charge in [0, 0.05) is 10.7 Å². The number of amides is 1. The highest BCUT2D eigenvalue weighted by molar-refractivity contribution is 8.00. The molecule has 134 valence electrons. The molecule has 1 amide bonds. The highest BCUT2D eigenvalue weighted by atomic mass is 35.5. The lowest BCUT2D eigenvalue weighted by Crippen LogP contribution is -2.22. The van der Waals surface area contributed by atoms with Crippen molar-refractivity contribution in [3.8, 4) is 5.69 Å². The lowest BCUT2D eigenvalue weighted by Gasteiger charge is -2.13. The summed E-state index contributed by atoms with van der Waals surface area (Å²) in [5.74, 6) is -0.0860. The van der Waals surface area contributed by atoms with E-state index in [-0.39, 0.29) is 11.2 Å². The van der Waals surface area contributed by atoms with E-state index in [1.165, 1.54) is 11.8 Å². The van der Waals surface area contributed by atoms with Gasteiger partial charge in [-0.3, -0.25) is 9.36 Å². The van der Waals surface area contributed by atoms with Gasteiger partial charge < -0.3 is 5.32 Å². The van der Waals surface area contributed by atoms with E-state index in [0.717, 1.165) is 22.5 Å². The summed E-state index contributed by atoms with van der Waals surface area (Å²) in [5.41, 5.74) is 3.75. The van der Waals surface area contributed by atoms with Gasteiger partial charge in [0.2, 0.25) is 5.91 Å². The second-order valence-corrected chi connectivity index (χ2v) is 7.75. The van der Waals surface area contributed by atoms with Gasteiger partial charge in [-0.15, -0.1) is 10.2 Å². The number of rotatable bonds is 5. The fourth-order valence-corrected chi connectivity index (χ4v) is 3.41. The molecule has 0 fully saturated rings. The second-order valence-electron chi connectivity index (χ2n) is 6.04. The zero-order valence-electron chi connectivity index (χ0n) is 14.7. The Balaban J connectivity index is 1.74. The molecule has 1 atom stereocenters. The van der Waals surface area contributed by atoms with Crippen LogP contribution in [-0.4, -0.2) is 25.9 Å². The number of carbonyl (C=O) groups is 1. The fraction of sp³-hybridized carbons (Fsp3) is 0.211.